The van der Waals surface area contributed by atoms with Crippen molar-refractivity contribution < 1.29 is 17.6 Å². The average molecular weight is 269 g/mol. The Kier molecular flexibility index (Phi) is 4.65. The summed E-state index contributed by atoms with van der Waals surface area (Å²) in [5.41, 5.74) is -1.93. The average Bonchev–Trinajstić information content (AvgIpc) is 2.75. The summed E-state index contributed by atoms with van der Waals surface area (Å²) in [6, 6.07) is 2.24. The van der Waals surface area contributed by atoms with Gasteiger partial charge in [-0.05, 0) is 31.1 Å². The second kappa shape index (κ2) is 5.28. The van der Waals surface area contributed by atoms with E-state index in [1.54, 1.807) is 0 Å². The summed E-state index contributed by atoms with van der Waals surface area (Å²) in [5, 5.41) is 2.79. The zero-order chi connectivity index (χ0) is 13.2. The molecule has 1 fully saturated rings. The summed E-state index contributed by atoms with van der Waals surface area (Å²) >= 11 is 0. The second-order valence-corrected chi connectivity index (χ2v) is 9.46. The molecule has 0 amide bonds. The van der Waals surface area contributed by atoms with Gasteiger partial charge < -0.3 is 9.74 Å². The predicted molar refractivity (Wildman–Crippen MR) is 64.6 cm³/mol. The summed E-state index contributed by atoms with van der Waals surface area (Å²) < 4.78 is 45.4. The summed E-state index contributed by atoms with van der Waals surface area (Å²) in [6.45, 7) is 6.15. The van der Waals surface area contributed by atoms with Gasteiger partial charge in [0.1, 0.15) is 0 Å². The lowest BCUT2D eigenvalue weighted by molar-refractivity contribution is -0.244. The number of rotatable bonds is 5. The molecule has 1 N–H and O–H groups in total. The van der Waals surface area contributed by atoms with Crippen LogP contribution in [0.1, 0.15) is 27.2 Å². The van der Waals surface area contributed by atoms with Crippen LogP contribution in [0.3, 0.4) is 0 Å². The Morgan fingerprint density at radius 1 is 1.18 bits per heavy atom. The molecule has 1 aliphatic heterocycles. The van der Waals surface area contributed by atoms with E-state index in [0.717, 1.165) is 18.1 Å². The van der Waals surface area contributed by atoms with Crippen molar-refractivity contribution in [2.24, 2.45) is 0 Å². The lowest BCUT2D eigenvalue weighted by atomic mass is 10.0. The molecular formula is C11H22F3NOSi. The van der Waals surface area contributed by atoms with E-state index in [4.69, 9.17) is 4.43 Å². The minimum Gasteiger partial charge on any atom is -0.402 e. The predicted octanol–water partition coefficient (Wildman–Crippen LogP) is 3.30. The van der Waals surface area contributed by atoms with Gasteiger partial charge in [-0.3, -0.25) is 0 Å². The second-order valence-electron chi connectivity index (χ2n) is 4.76. The monoisotopic (exact) mass is 269 g/mol. The van der Waals surface area contributed by atoms with Crippen LogP contribution in [0.4, 0.5) is 13.2 Å². The van der Waals surface area contributed by atoms with E-state index in [-0.39, 0.29) is 13.0 Å². The summed E-state index contributed by atoms with van der Waals surface area (Å²) in [6.07, 6.45) is -4.22. The number of alkyl halides is 3. The van der Waals surface area contributed by atoms with Gasteiger partial charge in [-0.1, -0.05) is 20.8 Å². The van der Waals surface area contributed by atoms with Crippen LogP contribution in [0.15, 0.2) is 0 Å². The van der Waals surface area contributed by atoms with Gasteiger partial charge in [-0.2, -0.15) is 13.2 Å². The van der Waals surface area contributed by atoms with Gasteiger partial charge in [0.15, 0.2) is 13.9 Å². The molecule has 1 heterocycles. The van der Waals surface area contributed by atoms with E-state index in [1.807, 2.05) is 20.8 Å². The fourth-order valence-electron chi connectivity index (χ4n) is 2.44. The Labute approximate surface area is 102 Å². The summed E-state index contributed by atoms with van der Waals surface area (Å²) in [7, 11) is -2.22. The van der Waals surface area contributed by atoms with Crippen molar-refractivity contribution in [2.45, 2.75) is 57.1 Å². The van der Waals surface area contributed by atoms with E-state index < -0.39 is 20.1 Å². The highest BCUT2D eigenvalue weighted by molar-refractivity contribution is 6.73. The lowest BCUT2D eigenvalue weighted by Gasteiger charge is -2.40. The third-order valence-electron chi connectivity index (χ3n) is 3.98. The highest BCUT2D eigenvalue weighted by Crippen LogP contribution is 2.42. The molecule has 17 heavy (non-hydrogen) atoms. The SMILES string of the molecule is CC[Si](CC)(CC)OC1(C(F)(F)F)CCNC1. The molecule has 0 aromatic heterocycles. The smallest absolute Gasteiger partial charge is 0.402 e. The van der Waals surface area contributed by atoms with Crippen LogP contribution in [-0.2, 0) is 4.43 Å². The number of halogens is 3. The van der Waals surface area contributed by atoms with Gasteiger partial charge in [0.05, 0.1) is 0 Å². The van der Waals surface area contributed by atoms with Gasteiger partial charge in [0, 0.05) is 6.54 Å². The zero-order valence-electron chi connectivity index (χ0n) is 10.8. The molecule has 1 aliphatic rings. The van der Waals surface area contributed by atoms with E-state index >= 15 is 0 Å². The van der Waals surface area contributed by atoms with Crippen LogP contribution < -0.4 is 5.32 Å². The molecule has 0 saturated carbocycles. The van der Waals surface area contributed by atoms with E-state index in [2.05, 4.69) is 5.32 Å². The van der Waals surface area contributed by atoms with Crippen molar-refractivity contribution in [1.29, 1.82) is 0 Å². The summed E-state index contributed by atoms with van der Waals surface area (Å²) in [5.74, 6) is 0. The van der Waals surface area contributed by atoms with Crippen LogP contribution >= 0.6 is 0 Å². The molecule has 0 radical (unpaired) electrons. The van der Waals surface area contributed by atoms with Crippen LogP contribution in [0.5, 0.6) is 0 Å². The highest BCUT2D eigenvalue weighted by Gasteiger charge is 2.59. The van der Waals surface area contributed by atoms with Crippen molar-refractivity contribution in [1.82, 2.24) is 5.32 Å². The van der Waals surface area contributed by atoms with Gasteiger partial charge in [-0.25, -0.2) is 0 Å². The van der Waals surface area contributed by atoms with Crippen molar-refractivity contribution >= 4 is 8.32 Å². The van der Waals surface area contributed by atoms with Crippen molar-refractivity contribution in [3.05, 3.63) is 0 Å². The normalized spacial score (nSPS) is 26.5. The number of nitrogens with one attached hydrogen (secondary N) is 1. The summed E-state index contributed by atoms with van der Waals surface area (Å²) in [4.78, 5) is 0. The Morgan fingerprint density at radius 3 is 2.00 bits per heavy atom. The van der Waals surface area contributed by atoms with Gasteiger partial charge in [0.2, 0.25) is 0 Å². The first-order valence-electron chi connectivity index (χ1n) is 6.32. The maximum atomic E-state index is 13.2. The van der Waals surface area contributed by atoms with E-state index in [0.29, 0.717) is 6.54 Å². The Hall–Kier alpha value is -0.0731. The molecule has 6 heteroatoms. The molecule has 1 rings (SSSR count). The van der Waals surface area contributed by atoms with Crippen molar-refractivity contribution in [3.63, 3.8) is 0 Å². The topological polar surface area (TPSA) is 21.3 Å². The highest BCUT2D eigenvalue weighted by atomic mass is 28.4. The molecule has 0 bridgehead atoms. The molecule has 1 saturated heterocycles. The van der Waals surface area contributed by atoms with Gasteiger partial charge in [0.25, 0.3) is 0 Å². The lowest BCUT2D eigenvalue weighted by Crippen LogP contribution is -2.56. The first-order chi connectivity index (χ1) is 7.85. The molecule has 0 aliphatic carbocycles. The maximum absolute atomic E-state index is 13.2. The molecule has 1 unspecified atom stereocenters. The molecule has 0 aromatic rings. The van der Waals surface area contributed by atoms with Gasteiger partial charge in [-0.15, -0.1) is 0 Å². The Balaban J connectivity index is 2.94. The molecule has 102 valence electrons. The molecule has 2 nitrogen and oxygen atoms in total. The minimum absolute atomic E-state index is 0.0469. The van der Waals surface area contributed by atoms with Crippen molar-refractivity contribution in [2.75, 3.05) is 13.1 Å². The molecule has 0 spiro atoms. The Bertz CT molecular complexity index is 239. The van der Waals surface area contributed by atoms with Crippen molar-refractivity contribution in [3.8, 4) is 0 Å². The van der Waals surface area contributed by atoms with Crippen LogP contribution in [-0.4, -0.2) is 33.2 Å². The number of hydrogen-bond acceptors (Lipinski definition) is 2. The maximum Gasteiger partial charge on any atom is 0.417 e. The van der Waals surface area contributed by atoms with Crippen LogP contribution in [0, 0.1) is 0 Å². The fraction of sp³-hybridized carbons (Fsp3) is 1.00. The first kappa shape index (κ1) is 15.0. The molecular weight excluding hydrogens is 247 g/mol. The van der Waals surface area contributed by atoms with E-state index in [9.17, 15) is 13.2 Å². The number of hydrogen-bond donors (Lipinski definition) is 1. The standard InChI is InChI=1S/C11H22F3NOSi/c1-4-17(5-2,6-3)16-10(11(12,13)14)7-8-15-9-10/h15H,4-9H2,1-3H3. The van der Waals surface area contributed by atoms with Gasteiger partial charge >= 0.3 is 6.18 Å². The zero-order valence-corrected chi connectivity index (χ0v) is 11.8. The molecule has 0 aromatic carbocycles. The third kappa shape index (κ3) is 2.85. The molecule has 1 atom stereocenters. The minimum atomic E-state index is -4.27. The quantitative estimate of drug-likeness (QED) is 0.773. The third-order valence-corrected chi connectivity index (χ3v) is 8.67. The first-order valence-corrected chi connectivity index (χ1v) is 8.85. The van der Waals surface area contributed by atoms with Crippen LogP contribution in [0.2, 0.25) is 18.1 Å². The largest absolute Gasteiger partial charge is 0.417 e. The van der Waals surface area contributed by atoms with Crippen LogP contribution in [0.25, 0.3) is 0 Å². The fourth-order valence-corrected chi connectivity index (χ4v) is 5.49. The Morgan fingerprint density at radius 2 is 1.71 bits per heavy atom. The van der Waals surface area contributed by atoms with E-state index in [1.165, 1.54) is 0 Å².